The van der Waals surface area contributed by atoms with Crippen LogP contribution < -0.4 is 10.1 Å². The van der Waals surface area contributed by atoms with E-state index in [1.807, 2.05) is 13.0 Å². The normalized spacial score (nSPS) is 12.7. The Hall–Kier alpha value is -1.09. The van der Waals surface area contributed by atoms with Gasteiger partial charge < -0.3 is 10.1 Å². The molecule has 108 valence electrons. The highest BCUT2D eigenvalue weighted by Gasteiger charge is 2.09. The third-order valence-electron chi connectivity index (χ3n) is 3.11. The lowest BCUT2D eigenvalue weighted by atomic mass is 10.1. The molecule has 3 heteroatoms. The monoisotopic (exact) mass is 267 g/mol. The van der Waals surface area contributed by atoms with E-state index >= 15 is 0 Å². The lowest BCUT2D eigenvalue weighted by molar-refractivity contribution is 0.276. The van der Waals surface area contributed by atoms with Gasteiger partial charge in [0.25, 0.3) is 0 Å². The van der Waals surface area contributed by atoms with Crippen LogP contribution in [0.4, 0.5) is 4.39 Å². The second kappa shape index (κ2) is 8.16. The fourth-order valence-electron chi connectivity index (χ4n) is 1.79. The van der Waals surface area contributed by atoms with Crippen molar-refractivity contribution in [1.29, 1.82) is 0 Å². The lowest BCUT2D eigenvalue weighted by Gasteiger charge is -2.15. The molecule has 0 aliphatic heterocycles. The Kier molecular flexibility index (Phi) is 6.85. The van der Waals surface area contributed by atoms with Crippen LogP contribution in [0.3, 0.4) is 0 Å². The first kappa shape index (κ1) is 16.0. The molecule has 1 N–H and O–H groups in total. The van der Waals surface area contributed by atoms with Crippen molar-refractivity contribution < 1.29 is 9.13 Å². The van der Waals surface area contributed by atoms with E-state index in [4.69, 9.17) is 4.74 Å². The van der Waals surface area contributed by atoms with E-state index in [1.54, 1.807) is 12.1 Å². The van der Waals surface area contributed by atoms with Gasteiger partial charge in [-0.2, -0.15) is 0 Å². The molecule has 1 aromatic rings. The maximum absolute atomic E-state index is 13.9. The molecule has 0 radical (unpaired) electrons. The zero-order valence-electron chi connectivity index (χ0n) is 12.5. The van der Waals surface area contributed by atoms with Crippen molar-refractivity contribution in [2.24, 2.45) is 5.92 Å². The van der Waals surface area contributed by atoms with Crippen LogP contribution in [0.1, 0.15) is 52.1 Å². The van der Waals surface area contributed by atoms with Crippen LogP contribution >= 0.6 is 0 Å². The van der Waals surface area contributed by atoms with Crippen LogP contribution in [0.15, 0.2) is 18.2 Å². The number of benzene rings is 1. The van der Waals surface area contributed by atoms with E-state index in [2.05, 4.69) is 26.1 Å². The van der Waals surface area contributed by atoms with E-state index in [0.717, 1.165) is 24.9 Å². The molecule has 1 aromatic carbocycles. The van der Waals surface area contributed by atoms with Crippen LogP contribution in [0.2, 0.25) is 0 Å². The maximum Gasteiger partial charge on any atom is 0.165 e. The summed E-state index contributed by atoms with van der Waals surface area (Å²) in [4.78, 5) is 0. The minimum absolute atomic E-state index is 0.166. The quantitative estimate of drug-likeness (QED) is 0.757. The third kappa shape index (κ3) is 5.60. The first-order valence-corrected chi connectivity index (χ1v) is 7.20. The largest absolute Gasteiger partial charge is 0.491 e. The zero-order chi connectivity index (χ0) is 14.3. The molecule has 0 aliphatic rings. The van der Waals surface area contributed by atoms with Gasteiger partial charge in [0.1, 0.15) is 0 Å². The maximum atomic E-state index is 13.9. The number of ether oxygens (including phenoxy) is 1. The van der Waals surface area contributed by atoms with Gasteiger partial charge in [0.2, 0.25) is 0 Å². The standard InChI is InChI=1S/C16H26FNO/c1-5-9-18-13(4)14-6-7-16(15(17)11-14)19-10-8-12(2)3/h6-7,11-13,18H,5,8-10H2,1-4H3. The average Bonchev–Trinajstić information content (AvgIpc) is 2.37. The predicted octanol–water partition coefficient (Wildman–Crippen LogP) is 4.31. The molecule has 0 spiro atoms. The molecule has 0 fully saturated rings. The van der Waals surface area contributed by atoms with Crippen molar-refractivity contribution in [2.45, 2.75) is 46.6 Å². The molecule has 0 amide bonds. The molecular weight excluding hydrogens is 241 g/mol. The fourth-order valence-corrected chi connectivity index (χ4v) is 1.79. The van der Waals surface area contributed by atoms with Gasteiger partial charge in [-0.25, -0.2) is 4.39 Å². The van der Waals surface area contributed by atoms with Crippen molar-refractivity contribution in [3.63, 3.8) is 0 Å². The van der Waals surface area contributed by atoms with Crippen LogP contribution in [-0.4, -0.2) is 13.2 Å². The molecule has 0 saturated heterocycles. The van der Waals surface area contributed by atoms with Gasteiger partial charge >= 0.3 is 0 Å². The Labute approximate surface area is 116 Å². The highest BCUT2D eigenvalue weighted by molar-refractivity contribution is 5.30. The molecule has 0 saturated carbocycles. The summed E-state index contributed by atoms with van der Waals surface area (Å²) >= 11 is 0. The molecule has 0 aromatic heterocycles. The topological polar surface area (TPSA) is 21.3 Å². The predicted molar refractivity (Wildman–Crippen MR) is 78.1 cm³/mol. The minimum Gasteiger partial charge on any atom is -0.491 e. The summed E-state index contributed by atoms with van der Waals surface area (Å²) in [6.45, 7) is 9.93. The lowest BCUT2D eigenvalue weighted by Crippen LogP contribution is -2.19. The van der Waals surface area contributed by atoms with Crippen molar-refractivity contribution in [2.75, 3.05) is 13.2 Å². The molecule has 1 rings (SSSR count). The summed E-state index contributed by atoms with van der Waals surface area (Å²) in [5, 5.41) is 3.35. The van der Waals surface area contributed by atoms with Crippen LogP contribution in [0.25, 0.3) is 0 Å². The molecule has 2 nitrogen and oxygen atoms in total. The molecule has 0 aliphatic carbocycles. The van der Waals surface area contributed by atoms with Crippen LogP contribution in [0, 0.1) is 11.7 Å². The molecule has 1 unspecified atom stereocenters. The molecule has 0 bridgehead atoms. The van der Waals surface area contributed by atoms with Crippen molar-refractivity contribution in [3.8, 4) is 5.75 Å². The van der Waals surface area contributed by atoms with Gasteiger partial charge in [-0.05, 0) is 49.9 Å². The number of halogens is 1. The first-order chi connectivity index (χ1) is 9.04. The smallest absolute Gasteiger partial charge is 0.165 e. The molecule has 19 heavy (non-hydrogen) atoms. The average molecular weight is 267 g/mol. The van der Waals surface area contributed by atoms with Crippen molar-refractivity contribution in [1.82, 2.24) is 5.32 Å². The van der Waals surface area contributed by atoms with E-state index in [9.17, 15) is 4.39 Å². The summed E-state index contributed by atoms with van der Waals surface area (Å²) in [5.74, 6) is 0.652. The van der Waals surface area contributed by atoms with E-state index in [-0.39, 0.29) is 11.9 Å². The summed E-state index contributed by atoms with van der Waals surface area (Å²) < 4.78 is 19.4. The van der Waals surface area contributed by atoms with Gasteiger partial charge in [0.15, 0.2) is 11.6 Å². The van der Waals surface area contributed by atoms with Gasteiger partial charge in [0.05, 0.1) is 6.61 Å². The Morgan fingerprint density at radius 3 is 2.58 bits per heavy atom. The second-order valence-corrected chi connectivity index (χ2v) is 5.40. The third-order valence-corrected chi connectivity index (χ3v) is 3.11. The summed E-state index contributed by atoms with van der Waals surface area (Å²) in [6.07, 6.45) is 2.01. The van der Waals surface area contributed by atoms with Gasteiger partial charge in [0, 0.05) is 6.04 Å². The number of nitrogens with one attached hydrogen (secondary N) is 1. The molecular formula is C16H26FNO. The highest BCUT2D eigenvalue weighted by Crippen LogP contribution is 2.22. The molecule has 1 atom stereocenters. The van der Waals surface area contributed by atoms with E-state index < -0.39 is 0 Å². The SMILES string of the molecule is CCCNC(C)c1ccc(OCCC(C)C)c(F)c1. The second-order valence-electron chi connectivity index (χ2n) is 5.40. The zero-order valence-corrected chi connectivity index (χ0v) is 12.5. The fraction of sp³-hybridized carbons (Fsp3) is 0.625. The highest BCUT2D eigenvalue weighted by atomic mass is 19.1. The Morgan fingerprint density at radius 1 is 1.26 bits per heavy atom. The summed E-state index contributed by atoms with van der Waals surface area (Å²) in [7, 11) is 0. The summed E-state index contributed by atoms with van der Waals surface area (Å²) in [5.41, 5.74) is 0.960. The van der Waals surface area contributed by atoms with E-state index in [1.165, 1.54) is 0 Å². The van der Waals surface area contributed by atoms with Crippen molar-refractivity contribution >= 4 is 0 Å². The summed E-state index contributed by atoms with van der Waals surface area (Å²) in [6, 6.07) is 5.40. The van der Waals surface area contributed by atoms with Crippen molar-refractivity contribution in [3.05, 3.63) is 29.6 Å². The van der Waals surface area contributed by atoms with Gasteiger partial charge in [-0.1, -0.05) is 26.8 Å². The Balaban J connectivity index is 2.58. The minimum atomic E-state index is -0.272. The van der Waals surface area contributed by atoms with Gasteiger partial charge in [-0.3, -0.25) is 0 Å². The number of hydrogen-bond donors (Lipinski definition) is 1. The molecule has 0 heterocycles. The van der Waals surface area contributed by atoms with Crippen LogP contribution in [-0.2, 0) is 0 Å². The Morgan fingerprint density at radius 2 is 2.00 bits per heavy atom. The number of rotatable bonds is 8. The number of hydrogen-bond acceptors (Lipinski definition) is 2. The van der Waals surface area contributed by atoms with Crippen LogP contribution in [0.5, 0.6) is 5.75 Å². The first-order valence-electron chi connectivity index (χ1n) is 7.20. The van der Waals surface area contributed by atoms with Gasteiger partial charge in [-0.15, -0.1) is 0 Å². The Bertz CT molecular complexity index is 379. The van der Waals surface area contributed by atoms with E-state index in [0.29, 0.717) is 18.3 Å².